The Morgan fingerprint density at radius 3 is 2.48 bits per heavy atom. The van der Waals surface area contributed by atoms with E-state index in [0.29, 0.717) is 44.1 Å². The summed E-state index contributed by atoms with van der Waals surface area (Å²) in [5, 5.41) is 3.32. The van der Waals surface area contributed by atoms with E-state index in [-0.39, 0.29) is 16.7 Å². The third kappa shape index (κ3) is 5.07. The molecule has 2 fully saturated rings. The SMILES string of the molecule is CS(=O)(=O)c1cccc(C(=O)N2CCN(C(=O)CCC3CCNC3)CC2)c1. The Hall–Kier alpha value is -1.93. The molecule has 2 aliphatic rings. The molecule has 0 aromatic heterocycles. The Bertz CT molecular complexity index is 795. The van der Waals surface area contributed by atoms with Crippen molar-refractivity contribution in [1.82, 2.24) is 15.1 Å². The zero-order valence-corrected chi connectivity index (χ0v) is 16.5. The number of hydrogen-bond acceptors (Lipinski definition) is 5. The molecule has 1 N–H and O–H groups in total. The lowest BCUT2D eigenvalue weighted by Crippen LogP contribution is -2.50. The Balaban J connectivity index is 1.52. The van der Waals surface area contributed by atoms with E-state index in [1.165, 1.54) is 12.1 Å². The summed E-state index contributed by atoms with van der Waals surface area (Å²) in [7, 11) is -3.35. The van der Waals surface area contributed by atoms with E-state index in [1.54, 1.807) is 17.0 Å². The van der Waals surface area contributed by atoms with Crippen molar-refractivity contribution in [3.05, 3.63) is 29.8 Å². The van der Waals surface area contributed by atoms with Gasteiger partial charge in [0.1, 0.15) is 0 Å². The van der Waals surface area contributed by atoms with E-state index in [9.17, 15) is 18.0 Å². The number of piperazine rings is 1. The topological polar surface area (TPSA) is 86.8 Å². The van der Waals surface area contributed by atoms with Gasteiger partial charge in [-0.25, -0.2) is 8.42 Å². The van der Waals surface area contributed by atoms with Crippen LogP contribution in [-0.4, -0.2) is 75.6 Å². The number of carbonyl (C=O) groups is 2. The van der Waals surface area contributed by atoms with Crippen LogP contribution in [0.4, 0.5) is 0 Å². The summed E-state index contributed by atoms with van der Waals surface area (Å²) >= 11 is 0. The minimum atomic E-state index is -3.35. The molecule has 7 nitrogen and oxygen atoms in total. The summed E-state index contributed by atoms with van der Waals surface area (Å²) in [6.07, 6.45) is 3.75. The van der Waals surface area contributed by atoms with Crippen molar-refractivity contribution >= 4 is 21.7 Å². The predicted octanol–water partition coefficient (Wildman–Crippen LogP) is 0.764. The highest BCUT2D eigenvalue weighted by molar-refractivity contribution is 7.90. The maximum absolute atomic E-state index is 12.7. The number of benzene rings is 1. The maximum Gasteiger partial charge on any atom is 0.254 e. The highest BCUT2D eigenvalue weighted by atomic mass is 32.2. The van der Waals surface area contributed by atoms with Crippen LogP contribution < -0.4 is 5.32 Å². The minimum absolute atomic E-state index is 0.142. The summed E-state index contributed by atoms with van der Waals surface area (Å²) < 4.78 is 23.4. The first-order chi connectivity index (χ1) is 12.8. The van der Waals surface area contributed by atoms with Crippen molar-refractivity contribution in [1.29, 1.82) is 0 Å². The molecule has 8 heteroatoms. The van der Waals surface area contributed by atoms with Crippen LogP contribution in [0.25, 0.3) is 0 Å². The van der Waals surface area contributed by atoms with Crippen molar-refractivity contribution in [2.45, 2.75) is 24.2 Å². The second-order valence-corrected chi connectivity index (χ2v) is 9.39. The van der Waals surface area contributed by atoms with E-state index < -0.39 is 9.84 Å². The molecule has 1 aromatic carbocycles. The fraction of sp³-hybridized carbons (Fsp3) is 0.579. The predicted molar refractivity (Wildman–Crippen MR) is 102 cm³/mol. The van der Waals surface area contributed by atoms with E-state index in [2.05, 4.69) is 5.32 Å². The first-order valence-electron chi connectivity index (χ1n) is 9.42. The molecule has 0 aliphatic carbocycles. The monoisotopic (exact) mass is 393 g/mol. The Morgan fingerprint density at radius 1 is 1.15 bits per heavy atom. The fourth-order valence-electron chi connectivity index (χ4n) is 3.65. The maximum atomic E-state index is 12.7. The van der Waals surface area contributed by atoms with Gasteiger partial charge in [-0.15, -0.1) is 0 Å². The second kappa shape index (κ2) is 8.39. The lowest BCUT2D eigenvalue weighted by Gasteiger charge is -2.35. The lowest BCUT2D eigenvalue weighted by molar-refractivity contribution is -0.132. The Morgan fingerprint density at radius 2 is 1.85 bits per heavy atom. The second-order valence-electron chi connectivity index (χ2n) is 7.37. The smallest absolute Gasteiger partial charge is 0.254 e. The first kappa shape index (κ1) is 19.8. The quantitative estimate of drug-likeness (QED) is 0.798. The van der Waals surface area contributed by atoms with Gasteiger partial charge >= 0.3 is 0 Å². The molecule has 3 rings (SSSR count). The average molecular weight is 394 g/mol. The molecule has 148 valence electrons. The number of carbonyl (C=O) groups excluding carboxylic acids is 2. The van der Waals surface area contributed by atoms with Gasteiger partial charge in [-0.1, -0.05) is 6.07 Å². The van der Waals surface area contributed by atoms with Gasteiger partial charge in [0.25, 0.3) is 5.91 Å². The summed E-state index contributed by atoms with van der Waals surface area (Å²) in [5.41, 5.74) is 0.367. The Labute approximate surface area is 160 Å². The van der Waals surface area contributed by atoms with Gasteiger partial charge in [0, 0.05) is 44.4 Å². The van der Waals surface area contributed by atoms with Gasteiger partial charge in [-0.2, -0.15) is 0 Å². The van der Waals surface area contributed by atoms with Gasteiger partial charge in [0.2, 0.25) is 5.91 Å². The summed E-state index contributed by atoms with van der Waals surface area (Å²) in [4.78, 5) is 28.7. The van der Waals surface area contributed by atoms with Crippen LogP contribution in [0.1, 0.15) is 29.6 Å². The normalized spacial score (nSPS) is 20.7. The number of rotatable bonds is 5. The average Bonchev–Trinajstić information content (AvgIpc) is 3.19. The molecule has 0 bridgehead atoms. The van der Waals surface area contributed by atoms with Crippen LogP contribution in [0.15, 0.2) is 29.2 Å². The van der Waals surface area contributed by atoms with Crippen molar-refractivity contribution in [2.75, 3.05) is 45.5 Å². The third-order valence-electron chi connectivity index (χ3n) is 5.36. The highest BCUT2D eigenvalue weighted by Crippen LogP contribution is 2.17. The van der Waals surface area contributed by atoms with Crippen LogP contribution in [0.5, 0.6) is 0 Å². The zero-order valence-electron chi connectivity index (χ0n) is 15.7. The Kier molecular flexibility index (Phi) is 6.16. The van der Waals surface area contributed by atoms with Gasteiger partial charge in [0.15, 0.2) is 9.84 Å². The molecule has 1 atom stereocenters. The van der Waals surface area contributed by atoms with Gasteiger partial charge in [-0.05, 0) is 50.0 Å². The molecule has 0 saturated carbocycles. The van der Waals surface area contributed by atoms with Crippen molar-refractivity contribution in [3.63, 3.8) is 0 Å². The van der Waals surface area contributed by atoms with Crippen LogP contribution in [0, 0.1) is 5.92 Å². The number of nitrogens with zero attached hydrogens (tertiary/aromatic N) is 2. The third-order valence-corrected chi connectivity index (χ3v) is 6.47. The van der Waals surface area contributed by atoms with Crippen LogP contribution in [0.2, 0.25) is 0 Å². The van der Waals surface area contributed by atoms with Crippen LogP contribution in [-0.2, 0) is 14.6 Å². The van der Waals surface area contributed by atoms with Gasteiger partial charge in [0.05, 0.1) is 4.90 Å². The van der Waals surface area contributed by atoms with Crippen molar-refractivity contribution in [2.24, 2.45) is 5.92 Å². The zero-order chi connectivity index (χ0) is 19.4. The number of sulfone groups is 1. The van der Waals surface area contributed by atoms with Gasteiger partial charge < -0.3 is 15.1 Å². The lowest BCUT2D eigenvalue weighted by atomic mass is 10.0. The van der Waals surface area contributed by atoms with E-state index >= 15 is 0 Å². The summed E-state index contributed by atoms with van der Waals surface area (Å²) in [6.45, 7) is 4.04. The fourth-order valence-corrected chi connectivity index (χ4v) is 4.31. The highest BCUT2D eigenvalue weighted by Gasteiger charge is 2.26. The number of hydrogen-bond donors (Lipinski definition) is 1. The number of amides is 2. The molecular weight excluding hydrogens is 366 g/mol. The van der Waals surface area contributed by atoms with Crippen molar-refractivity contribution in [3.8, 4) is 0 Å². The molecule has 2 amide bonds. The minimum Gasteiger partial charge on any atom is -0.339 e. The molecule has 2 saturated heterocycles. The van der Waals surface area contributed by atoms with E-state index in [4.69, 9.17) is 0 Å². The molecule has 1 unspecified atom stereocenters. The van der Waals surface area contributed by atoms with E-state index in [0.717, 1.165) is 32.2 Å². The largest absolute Gasteiger partial charge is 0.339 e. The summed E-state index contributed by atoms with van der Waals surface area (Å²) in [5.74, 6) is 0.566. The molecule has 27 heavy (non-hydrogen) atoms. The van der Waals surface area contributed by atoms with Crippen LogP contribution >= 0.6 is 0 Å². The number of nitrogens with one attached hydrogen (secondary N) is 1. The standard InChI is InChI=1S/C19H27N3O4S/c1-27(25,26)17-4-2-3-16(13-17)19(24)22-11-9-21(10-12-22)18(23)6-5-15-7-8-20-14-15/h2-4,13,15,20H,5-12,14H2,1H3. The molecule has 2 heterocycles. The molecule has 0 radical (unpaired) electrons. The van der Waals surface area contributed by atoms with Gasteiger partial charge in [-0.3, -0.25) is 9.59 Å². The van der Waals surface area contributed by atoms with Crippen LogP contribution in [0.3, 0.4) is 0 Å². The molecule has 0 spiro atoms. The van der Waals surface area contributed by atoms with E-state index in [1.807, 2.05) is 4.90 Å². The molecular formula is C19H27N3O4S. The first-order valence-corrected chi connectivity index (χ1v) is 11.3. The molecule has 1 aromatic rings. The molecule has 2 aliphatic heterocycles. The summed E-state index contributed by atoms with van der Waals surface area (Å²) in [6, 6.07) is 6.12. The van der Waals surface area contributed by atoms with Crippen molar-refractivity contribution < 1.29 is 18.0 Å².